The summed E-state index contributed by atoms with van der Waals surface area (Å²) in [7, 11) is 1.74. The van der Waals surface area contributed by atoms with Gasteiger partial charge < -0.3 is 9.47 Å². The third kappa shape index (κ3) is 3.47. The lowest BCUT2D eigenvalue weighted by Gasteiger charge is -2.39. The van der Waals surface area contributed by atoms with Gasteiger partial charge in [-0.25, -0.2) is 0 Å². The number of methoxy groups -OCH3 is 1. The van der Waals surface area contributed by atoms with Crippen molar-refractivity contribution in [1.29, 1.82) is 0 Å². The Morgan fingerprint density at radius 2 is 1.87 bits per heavy atom. The first-order valence-corrected chi connectivity index (χ1v) is 11.9. The minimum Gasteiger partial charge on any atom is -0.496 e. The van der Waals surface area contributed by atoms with Gasteiger partial charge in [0.15, 0.2) is 0 Å². The Balaban J connectivity index is 1.78. The lowest BCUT2D eigenvalue weighted by atomic mass is 9.66. The first-order valence-electron chi connectivity index (χ1n) is 11.1. The fourth-order valence-electron chi connectivity index (χ4n) is 5.13. The highest BCUT2D eigenvalue weighted by Gasteiger charge is 2.46. The van der Waals surface area contributed by atoms with E-state index in [1.54, 1.807) is 7.11 Å². The Labute approximate surface area is 184 Å². The van der Waals surface area contributed by atoms with Gasteiger partial charge in [0.1, 0.15) is 5.75 Å². The van der Waals surface area contributed by atoms with Crippen LogP contribution in [0.25, 0.3) is 10.4 Å². The van der Waals surface area contributed by atoms with Crippen molar-refractivity contribution in [1.82, 2.24) is 0 Å². The van der Waals surface area contributed by atoms with Crippen molar-refractivity contribution in [2.75, 3.05) is 13.7 Å². The molecule has 1 aromatic carbocycles. The SMILES string of the molecule is CCOC(=O)C1CC1c1ccc(OC)c(-c2sc3c(c2C)C(C)(C)CCC3(C)C)c1. The van der Waals surface area contributed by atoms with E-state index in [0.29, 0.717) is 6.61 Å². The Hall–Kier alpha value is -1.81. The van der Waals surface area contributed by atoms with E-state index >= 15 is 0 Å². The molecule has 0 radical (unpaired) electrons. The second-order valence-electron chi connectivity index (χ2n) is 10.2. The van der Waals surface area contributed by atoms with Gasteiger partial charge in [0, 0.05) is 15.3 Å². The lowest BCUT2D eigenvalue weighted by molar-refractivity contribution is -0.144. The molecule has 2 atom stereocenters. The van der Waals surface area contributed by atoms with Crippen LogP contribution in [-0.4, -0.2) is 19.7 Å². The van der Waals surface area contributed by atoms with Crippen LogP contribution in [-0.2, 0) is 20.4 Å². The number of carbonyl (C=O) groups excluding carboxylic acids is 1. The molecule has 0 bridgehead atoms. The van der Waals surface area contributed by atoms with Crippen molar-refractivity contribution in [2.24, 2.45) is 5.92 Å². The molecule has 2 aliphatic carbocycles. The Kier molecular flexibility index (Phi) is 5.29. The molecule has 2 aliphatic rings. The predicted molar refractivity (Wildman–Crippen MR) is 124 cm³/mol. The lowest BCUT2D eigenvalue weighted by Crippen LogP contribution is -2.32. The zero-order chi connectivity index (χ0) is 21.8. The molecular formula is C26H34O3S. The summed E-state index contributed by atoms with van der Waals surface area (Å²) in [5.41, 5.74) is 5.69. The number of benzene rings is 1. The molecule has 4 heteroatoms. The summed E-state index contributed by atoms with van der Waals surface area (Å²) in [5.74, 6) is 1.11. The minimum absolute atomic E-state index is 0.00157. The molecule has 0 aliphatic heterocycles. The van der Waals surface area contributed by atoms with Crippen molar-refractivity contribution >= 4 is 17.3 Å². The summed E-state index contributed by atoms with van der Waals surface area (Å²) in [6, 6.07) is 6.44. The topological polar surface area (TPSA) is 35.5 Å². The van der Waals surface area contributed by atoms with Crippen LogP contribution in [0.15, 0.2) is 18.2 Å². The summed E-state index contributed by atoms with van der Waals surface area (Å²) in [6.45, 7) is 14.1. The number of ether oxygens (including phenoxy) is 2. The number of hydrogen-bond donors (Lipinski definition) is 0. The van der Waals surface area contributed by atoms with Crippen molar-refractivity contribution in [3.05, 3.63) is 39.8 Å². The van der Waals surface area contributed by atoms with Crippen LogP contribution < -0.4 is 4.74 Å². The molecule has 162 valence electrons. The maximum atomic E-state index is 12.2. The molecule has 0 spiro atoms. The third-order valence-corrected chi connectivity index (χ3v) is 8.78. The summed E-state index contributed by atoms with van der Waals surface area (Å²) in [6.07, 6.45) is 3.31. The fraction of sp³-hybridized carbons (Fsp3) is 0.577. The molecule has 30 heavy (non-hydrogen) atoms. The average molecular weight is 427 g/mol. The van der Waals surface area contributed by atoms with Gasteiger partial charge in [0.25, 0.3) is 0 Å². The van der Waals surface area contributed by atoms with E-state index < -0.39 is 0 Å². The number of hydrogen-bond acceptors (Lipinski definition) is 4. The van der Waals surface area contributed by atoms with Crippen molar-refractivity contribution in [3.63, 3.8) is 0 Å². The largest absolute Gasteiger partial charge is 0.496 e. The standard InChI is InChI=1S/C26H34O3S/c1-8-29-24(27)18-14-17(18)16-9-10-20(28-7)19(13-16)22-15(2)21-23(30-22)26(5,6)12-11-25(21,3)4/h9-10,13,17-18H,8,11-12,14H2,1-7H3. The third-order valence-electron chi connectivity index (χ3n) is 7.09. The molecule has 1 saturated carbocycles. The van der Waals surface area contributed by atoms with Crippen LogP contribution in [0.3, 0.4) is 0 Å². The van der Waals surface area contributed by atoms with E-state index in [1.807, 2.05) is 18.3 Å². The highest BCUT2D eigenvalue weighted by molar-refractivity contribution is 7.16. The van der Waals surface area contributed by atoms with Crippen LogP contribution in [0, 0.1) is 12.8 Å². The normalized spacial score (nSPS) is 23.6. The van der Waals surface area contributed by atoms with Gasteiger partial charge in [-0.3, -0.25) is 4.79 Å². The van der Waals surface area contributed by atoms with Crippen molar-refractivity contribution < 1.29 is 14.3 Å². The molecule has 0 N–H and O–H groups in total. The van der Waals surface area contributed by atoms with Crippen LogP contribution in [0.2, 0.25) is 0 Å². The average Bonchev–Trinajstić information content (AvgIpc) is 3.41. The molecule has 4 rings (SSSR count). The first-order chi connectivity index (χ1) is 14.1. The molecule has 3 nitrogen and oxygen atoms in total. The number of thiophene rings is 1. The Morgan fingerprint density at radius 1 is 1.17 bits per heavy atom. The second kappa shape index (κ2) is 7.40. The molecule has 0 saturated heterocycles. The van der Waals surface area contributed by atoms with Gasteiger partial charge in [0.2, 0.25) is 0 Å². The molecule has 1 fully saturated rings. The van der Waals surface area contributed by atoms with Gasteiger partial charge >= 0.3 is 5.97 Å². The van der Waals surface area contributed by atoms with Crippen molar-refractivity contribution in [2.45, 2.75) is 77.6 Å². The highest BCUT2D eigenvalue weighted by Crippen LogP contribution is 2.55. The van der Waals surface area contributed by atoms with E-state index in [2.05, 4.69) is 52.8 Å². The van der Waals surface area contributed by atoms with E-state index in [1.165, 1.54) is 39.3 Å². The second-order valence-corrected chi connectivity index (χ2v) is 11.2. The van der Waals surface area contributed by atoms with Crippen LogP contribution >= 0.6 is 11.3 Å². The van der Waals surface area contributed by atoms with E-state index in [4.69, 9.17) is 9.47 Å². The summed E-state index contributed by atoms with van der Waals surface area (Å²) >= 11 is 1.94. The van der Waals surface area contributed by atoms with Crippen molar-refractivity contribution in [3.8, 4) is 16.2 Å². The molecule has 2 aromatic rings. The predicted octanol–water partition coefficient (Wildman–Crippen LogP) is 6.75. The number of rotatable bonds is 5. The number of carbonyl (C=O) groups is 1. The molecule has 1 heterocycles. The molecule has 1 aromatic heterocycles. The van der Waals surface area contributed by atoms with Gasteiger partial charge in [-0.2, -0.15) is 0 Å². The highest BCUT2D eigenvalue weighted by atomic mass is 32.1. The van der Waals surface area contributed by atoms with Crippen LogP contribution in [0.5, 0.6) is 5.75 Å². The maximum Gasteiger partial charge on any atom is 0.309 e. The maximum absolute atomic E-state index is 12.2. The smallest absolute Gasteiger partial charge is 0.309 e. The van der Waals surface area contributed by atoms with E-state index in [-0.39, 0.29) is 28.6 Å². The van der Waals surface area contributed by atoms with Gasteiger partial charge in [-0.05, 0) is 78.7 Å². The van der Waals surface area contributed by atoms with Gasteiger partial charge in [0.05, 0.1) is 19.6 Å². The summed E-state index contributed by atoms with van der Waals surface area (Å²) in [4.78, 5) is 15.0. The van der Waals surface area contributed by atoms with Gasteiger partial charge in [-0.1, -0.05) is 33.8 Å². The quantitative estimate of drug-likeness (QED) is 0.496. The molecule has 2 unspecified atom stereocenters. The fourth-order valence-corrected chi connectivity index (χ4v) is 6.77. The minimum atomic E-state index is -0.0638. The first kappa shape index (κ1) is 21.4. The zero-order valence-corrected chi connectivity index (χ0v) is 20.2. The Bertz CT molecular complexity index is 982. The van der Waals surface area contributed by atoms with E-state index in [9.17, 15) is 4.79 Å². The monoisotopic (exact) mass is 426 g/mol. The van der Waals surface area contributed by atoms with Crippen LogP contribution in [0.4, 0.5) is 0 Å². The van der Waals surface area contributed by atoms with Crippen LogP contribution in [0.1, 0.15) is 81.4 Å². The molecule has 0 amide bonds. The number of fused-ring (bicyclic) bond motifs is 1. The Morgan fingerprint density at radius 3 is 2.50 bits per heavy atom. The van der Waals surface area contributed by atoms with E-state index in [0.717, 1.165) is 17.7 Å². The van der Waals surface area contributed by atoms with Gasteiger partial charge in [-0.15, -0.1) is 11.3 Å². The summed E-state index contributed by atoms with van der Waals surface area (Å²) in [5, 5.41) is 0. The number of esters is 1. The zero-order valence-electron chi connectivity index (χ0n) is 19.3. The summed E-state index contributed by atoms with van der Waals surface area (Å²) < 4.78 is 11.0. The molecular weight excluding hydrogens is 392 g/mol.